The minimum absolute atomic E-state index is 0.837. The lowest BCUT2D eigenvalue weighted by atomic mass is 10.1. The van der Waals surface area contributed by atoms with Crippen LogP contribution in [0.5, 0.6) is 0 Å². The Morgan fingerprint density at radius 2 is 2.25 bits per heavy atom. The summed E-state index contributed by atoms with van der Waals surface area (Å²) in [6.07, 6.45) is 3.70. The normalized spacial score (nSPS) is 21.9. The summed E-state index contributed by atoms with van der Waals surface area (Å²) >= 11 is 5.53. The van der Waals surface area contributed by atoms with Crippen molar-refractivity contribution in [3.05, 3.63) is 21.5 Å². The third-order valence-corrected chi connectivity index (χ3v) is 4.44. The van der Waals surface area contributed by atoms with Gasteiger partial charge in [0.15, 0.2) is 0 Å². The maximum atomic E-state index is 3.91. The predicted molar refractivity (Wildman–Crippen MR) is 61.7 cm³/mol. The fourth-order valence-corrected chi connectivity index (χ4v) is 2.40. The van der Waals surface area contributed by atoms with Crippen molar-refractivity contribution in [2.75, 3.05) is 0 Å². The van der Waals surface area contributed by atoms with Gasteiger partial charge >= 0.3 is 0 Å². The van der Waals surface area contributed by atoms with Crippen LogP contribution in [0.25, 0.3) is 0 Å². The summed E-state index contributed by atoms with van der Waals surface area (Å²) in [5.74, 6) is 0. The second kappa shape index (κ2) is 4.52. The molecule has 0 amide bonds. The molecule has 0 aliphatic carbocycles. The monoisotopic (exact) mass is 246 g/mol. The smallest absolute Gasteiger partial charge is 0.0139 e. The molecule has 0 aromatic rings. The molecule has 1 rings (SSSR count). The van der Waals surface area contributed by atoms with E-state index in [4.69, 9.17) is 0 Å². The van der Waals surface area contributed by atoms with Crippen molar-refractivity contribution in [1.29, 1.82) is 0 Å². The minimum atomic E-state index is 0.837. The Morgan fingerprint density at radius 1 is 1.67 bits per heavy atom. The fourth-order valence-electron chi connectivity index (χ4n) is 1.18. The molecule has 1 aliphatic heterocycles. The van der Waals surface area contributed by atoms with Gasteiger partial charge in [-0.05, 0) is 42.5 Å². The molecule has 0 nitrogen and oxygen atoms in total. The van der Waals surface area contributed by atoms with E-state index in [1.165, 1.54) is 34.2 Å². The number of thioether (sulfide) groups is 1. The number of allylic oxidation sites excluding steroid dienone is 3. The van der Waals surface area contributed by atoms with E-state index in [9.17, 15) is 0 Å². The summed E-state index contributed by atoms with van der Waals surface area (Å²) in [7, 11) is 0. The lowest BCUT2D eigenvalue weighted by Crippen LogP contribution is -2.12. The topological polar surface area (TPSA) is 0 Å². The highest BCUT2D eigenvalue weighted by Crippen LogP contribution is 2.42. The van der Waals surface area contributed by atoms with Gasteiger partial charge < -0.3 is 0 Å². The highest BCUT2D eigenvalue weighted by atomic mass is 79.9. The first kappa shape index (κ1) is 10.4. The molecule has 0 bridgehead atoms. The SMILES string of the molecule is C=C1CC(CCC(Br)=C(C)C)S1. The van der Waals surface area contributed by atoms with Gasteiger partial charge in [-0.15, -0.1) is 11.8 Å². The molecule has 1 aliphatic rings. The Morgan fingerprint density at radius 3 is 2.67 bits per heavy atom. The first-order valence-electron chi connectivity index (χ1n) is 4.26. The van der Waals surface area contributed by atoms with Crippen LogP contribution >= 0.6 is 27.7 Å². The Kier molecular flexibility index (Phi) is 3.91. The first-order valence-corrected chi connectivity index (χ1v) is 5.93. The van der Waals surface area contributed by atoms with Gasteiger partial charge in [-0.2, -0.15) is 0 Å². The number of hydrogen-bond donors (Lipinski definition) is 0. The van der Waals surface area contributed by atoms with Gasteiger partial charge in [0.1, 0.15) is 0 Å². The molecule has 2 heteroatoms. The van der Waals surface area contributed by atoms with E-state index < -0.39 is 0 Å². The van der Waals surface area contributed by atoms with Crippen molar-refractivity contribution in [3.63, 3.8) is 0 Å². The molecule has 1 heterocycles. The van der Waals surface area contributed by atoms with Crippen molar-refractivity contribution in [3.8, 4) is 0 Å². The molecule has 0 radical (unpaired) electrons. The molecular weight excluding hydrogens is 232 g/mol. The van der Waals surface area contributed by atoms with Crippen LogP contribution in [0.4, 0.5) is 0 Å². The van der Waals surface area contributed by atoms with Gasteiger partial charge in [0.2, 0.25) is 0 Å². The second-order valence-corrected chi connectivity index (χ2v) is 5.86. The van der Waals surface area contributed by atoms with Crippen LogP contribution in [0, 0.1) is 0 Å². The average Bonchev–Trinajstić information content (AvgIpc) is 1.95. The van der Waals surface area contributed by atoms with Gasteiger partial charge in [-0.25, -0.2) is 0 Å². The van der Waals surface area contributed by atoms with Crippen molar-refractivity contribution < 1.29 is 0 Å². The average molecular weight is 247 g/mol. The Balaban J connectivity index is 2.19. The lowest BCUT2D eigenvalue weighted by Gasteiger charge is -2.27. The van der Waals surface area contributed by atoms with Crippen LogP contribution in [-0.4, -0.2) is 5.25 Å². The molecule has 0 spiro atoms. The summed E-state index contributed by atoms with van der Waals surface area (Å²) < 4.78 is 1.38. The molecule has 1 atom stereocenters. The maximum absolute atomic E-state index is 3.91. The van der Waals surface area contributed by atoms with Crippen LogP contribution in [0.2, 0.25) is 0 Å². The number of halogens is 1. The molecule has 1 saturated heterocycles. The van der Waals surface area contributed by atoms with Gasteiger partial charge in [-0.3, -0.25) is 0 Å². The molecule has 0 aromatic heterocycles. The summed E-state index contributed by atoms with van der Waals surface area (Å²) in [4.78, 5) is 1.35. The summed E-state index contributed by atoms with van der Waals surface area (Å²) in [5, 5.41) is 0.837. The van der Waals surface area contributed by atoms with E-state index in [1.807, 2.05) is 11.8 Å². The van der Waals surface area contributed by atoms with Crippen molar-refractivity contribution >= 4 is 27.7 Å². The van der Waals surface area contributed by atoms with Crippen LogP contribution < -0.4 is 0 Å². The van der Waals surface area contributed by atoms with E-state index in [2.05, 4.69) is 36.4 Å². The Hall–Kier alpha value is 0.310. The van der Waals surface area contributed by atoms with E-state index in [1.54, 1.807) is 0 Å². The zero-order valence-electron chi connectivity index (χ0n) is 7.69. The maximum Gasteiger partial charge on any atom is 0.0139 e. The number of rotatable bonds is 3. The van der Waals surface area contributed by atoms with Crippen LogP contribution in [-0.2, 0) is 0 Å². The van der Waals surface area contributed by atoms with Crippen LogP contribution in [0.1, 0.15) is 33.1 Å². The fraction of sp³-hybridized carbons (Fsp3) is 0.600. The molecule has 0 aromatic carbocycles. The third-order valence-electron chi connectivity index (χ3n) is 2.02. The second-order valence-electron chi connectivity index (χ2n) is 3.43. The molecule has 1 fully saturated rings. The molecule has 1 unspecified atom stereocenters. The zero-order valence-corrected chi connectivity index (χ0v) is 10.1. The van der Waals surface area contributed by atoms with Crippen molar-refractivity contribution in [2.24, 2.45) is 0 Å². The molecule has 12 heavy (non-hydrogen) atoms. The summed E-state index contributed by atoms with van der Waals surface area (Å²) in [5.41, 5.74) is 1.40. The molecular formula is C10H15BrS. The van der Waals surface area contributed by atoms with E-state index in [0.717, 1.165) is 5.25 Å². The van der Waals surface area contributed by atoms with E-state index >= 15 is 0 Å². The zero-order chi connectivity index (χ0) is 9.14. The standard InChI is InChI=1S/C10H15BrS/c1-7(2)10(11)5-4-9-6-8(3)12-9/h9H,3-6H2,1-2H3. The largest absolute Gasteiger partial charge is 0.127 e. The molecule has 0 N–H and O–H groups in total. The summed E-state index contributed by atoms with van der Waals surface area (Å²) in [6.45, 7) is 8.21. The van der Waals surface area contributed by atoms with Gasteiger partial charge in [0, 0.05) is 5.25 Å². The summed E-state index contributed by atoms with van der Waals surface area (Å²) in [6, 6.07) is 0. The van der Waals surface area contributed by atoms with E-state index in [0.29, 0.717) is 0 Å². The Bertz CT molecular complexity index is 206. The van der Waals surface area contributed by atoms with Crippen LogP contribution in [0.3, 0.4) is 0 Å². The van der Waals surface area contributed by atoms with Gasteiger partial charge in [0.05, 0.1) is 0 Å². The van der Waals surface area contributed by atoms with Gasteiger partial charge in [0.25, 0.3) is 0 Å². The molecule has 0 saturated carbocycles. The van der Waals surface area contributed by atoms with E-state index in [-0.39, 0.29) is 0 Å². The quantitative estimate of drug-likeness (QED) is 0.708. The Labute approximate surface area is 87.6 Å². The van der Waals surface area contributed by atoms with Crippen molar-refractivity contribution in [1.82, 2.24) is 0 Å². The highest BCUT2D eigenvalue weighted by Gasteiger charge is 2.21. The highest BCUT2D eigenvalue weighted by molar-refractivity contribution is 9.11. The predicted octanol–water partition coefficient (Wildman–Crippen LogP) is 4.47. The first-order chi connectivity index (χ1) is 5.59. The van der Waals surface area contributed by atoms with Crippen molar-refractivity contribution in [2.45, 2.75) is 38.4 Å². The number of hydrogen-bond acceptors (Lipinski definition) is 1. The van der Waals surface area contributed by atoms with Crippen LogP contribution in [0.15, 0.2) is 21.5 Å². The third kappa shape index (κ3) is 2.98. The lowest BCUT2D eigenvalue weighted by molar-refractivity contribution is 0.747. The van der Waals surface area contributed by atoms with Gasteiger partial charge in [-0.1, -0.05) is 28.1 Å². The minimum Gasteiger partial charge on any atom is -0.127 e. The molecule has 68 valence electrons.